The van der Waals surface area contributed by atoms with Crippen LogP contribution in [0.4, 0.5) is 0 Å². The Bertz CT molecular complexity index is 232. The van der Waals surface area contributed by atoms with Crippen LogP contribution in [0.2, 0.25) is 0 Å². The number of hydrogen-bond acceptors (Lipinski definition) is 0. The molecule has 0 spiro atoms. The van der Waals surface area contributed by atoms with Gasteiger partial charge in [0.2, 0.25) is 0 Å². The lowest BCUT2D eigenvalue weighted by atomic mass is 9.81. The molecule has 0 aromatic carbocycles. The van der Waals surface area contributed by atoms with Gasteiger partial charge in [0, 0.05) is 0 Å². The number of allylic oxidation sites excluding steroid dienone is 2. The third kappa shape index (κ3) is 5.16. The number of rotatable bonds is 1. The largest absolute Gasteiger partial charge is 0.0851 e. The summed E-state index contributed by atoms with van der Waals surface area (Å²) in [5, 5.41) is 0. The SMILES string of the molecule is C1=C(/C2CCCCC2)CCCCCCCCCC/1. The van der Waals surface area contributed by atoms with E-state index in [2.05, 4.69) is 6.08 Å². The van der Waals surface area contributed by atoms with E-state index in [0.717, 1.165) is 5.92 Å². The zero-order valence-corrected chi connectivity index (χ0v) is 12.3. The van der Waals surface area contributed by atoms with Gasteiger partial charge in [-0.2, -0.15) is 0 Å². The molecule has 0 bridgehead atoms. The molecule has 0 heterocycles. The van der Waals surface area contributed by atoms with E-state index in [1.54, 1.807) is 0 Å². The van der Waals surface area contributed by atoms with E-state index in [1.165, 1.54) is 96.3 Å². The molecule has 0 N–H and O–H groups in total. The second kappa shape index (κ2) is 8.77. The van der Waals surface area contributed by atoms with Crippen molar-refractivity contribution < 1.29 is 0 Å². The van der Waals surface area contributed by atoms with Gasteiger partial charge in [-0.3, -0.25) is 0 Å². The van der Waals surface area contributed by atoms with Gasteiger partial charge in [-0.05, 0) is 44.4 Å². The monoisotopic (exact) mass is 248 g/mol. The van der Waals surface area contributed by atoms with Gasteiger partial charge in [-0.25, -0.2) is 0 Å². The fourth-order valence-corrected chi connectivity index (χ4v) is 3.77. The van der Waals surface area contributed by atoms with Gasteiger partial charge >= 0.3 is 0 Å². The van der Waals surface area contributed by atoms with Gasteiger partial charge in [-0.1, -0.05) is 69.4 Å². The maximum absolute atomic E-state index is 2.65. The molecule has 18 heavy (non-hydrogen) atoms. The molecule has 0 nitrogen and oxygen atoms in total. The van der Waals surface area contributed by atoms with Crippen molar-refractivity contribution in [3.05, 3.63) is 11.6 Å². The highest BCUT2D eigenvalue weighted by atomic mass is 14.2. The highest BCUT2D eigenvalue weighted by Gasteiger charge is 2.17. The van der Waals surface area contributed by atoms with Crippen molar-refractivity contribution in [1.82, 2.24) is 0 Å². The maximum atomic E-state index is 2.65. The van der Waals surface area contributed by atoms with Gasteiger partial charge in [0.25, 0.3) is 0 Å². The quantitative estimate of drug-likeness (QED) is 0.470. The lowest BCUT2D eigenvalue weighted by Crippen LogP contribution is -2.09. The zero-order chi connectivity index (χ0) is 12.5. The Hall–Kier alpha value is -0.260. The second-order valence-corrected chi connectivity index (χ2v) is 6.48. The van der Waals surface area contributed by atoms with Crippen LogP contribution >= 0.6 is 0 Å². The van der Waals surface area contributed by atoms with Crippen LogP contribution in [0.3, 0.4) is 0 Å². The normalized spacial score (nSPS) is 28.8. The van der Waals surface area contributed by atoms with Crippen LogP contribution in [-0.2, 0) is 0 Å². The first-order valence-corrected chi connectivity index (χ1v) is 8.66. The molecule has 1 fully saturated rings. The van der Waals surface area contributed by atoms with Crippen molar-refractivity contribution in [2.24, 2.45) is 5.92 Å². The molecule has 2 rings (SSSR count). The van der Waals surface area contributed by atoms with E-state index in [0.29, 0.717) is 0 Å². The van der Waals surface area contributed by atoms with Crippen LogP contribution in [0.15, 0.2) is 11.6 Å². The molecule has 0 heteroatoms. The summed E-state index contributed by atoms with van der Waals surface area (Å²) >= 11 is 0. The van der Waals surface area contributed by atoms with Gasteiger partial charge in [0.05, 0.1) is 0 Å². The topological polar surface area (TPSA) is 0 Å². The lowest BCUT2D eigenvalue weighted by molar-refractivity contribution is 0.390. The van der Waals surface area contributed by atoms with Crippen molar-refractivity contribution in [2.75, 3.05) is 0 Å². The minimum atomic E-state index is 0.974. The Balaban J connectivity index is 1.85. The van der Waals surface area contributed by atoms with Crippen LogP contribution in [0.25, 0.3) is 0 Å². The predicted octanol–water partition coefficient (Wildman–Crippen LogP) is 6.41. The highest BCUT2D eigenvalue weighted by Crippen LogP contribution is 2.33. The molecular formula is C18H32. The highest BCUT2D eigenvalue weighted by molar-refractivity contribution is 5.07. The molecule has 0 aromatic heterocycles. The van der Waals surface area contributed by atoms with Crippen molar-refractivity contribution in [3.8, 4) is 0 Å². The van der Waals surface area contributed by atoms with Crippen LogP contribution in [0.5, 0.6) is 0 Å². The summed E-state index contributed by atoms with van der Waals surface area (Å²) in [7, 11) is 0. The third-order valence-corrected chi connectivity index (χ3v) is 4.96. The van der Waals surface area contributed by atoms with E-state index >= 15 is 0 Å². The molecule has 0 atom stereocenters. The first-order valence-electron chi connectivity index (χ1n) is 8.66. The van der Waals surface area contributed by atoms with Crippen molar-refractivity contribution >= 4 is 0 Å². The van der Waals surface area contributed by atoms with E-state index in [9.17, 15) is 0 Å². The maximum Gasteiger partial charge on any atom is -0.0203 e. The fraction of sp³-hybridized carbons (Fsp3) is 0.889. The van der Waals surface area contributed by atoms with Crippen LogP contribution in [0.1, 0.15) is 96.3 Å². The summed E-state index contributed by atoms with van der Waals surface area (Å²) in [6, 6.07) is 0. The second-order valence-electron chi connectivity index (χ2n) is 6.48. The van der Waals surface area contributed by atoms with Crippen molar-refractivity contribution in [2.45, 2.75) is 96.3 Å². The summed E-state index contributed by atoms with van der Waals surface area (Å²) in [6.07, 6.45) is 24.7. The van der Waals surface area contributed by atoms with E-state index in [4.69, 9.17) is 0 Å². The van der Waals surface area contributed by atoms with Crippen LogP contribution < -0.4 is 0 Å². The van der Waals surface area contributed by atoms with Gasteiger partial charge in [0.15, 0.2) is 0 Å². The van der Waals surface area contributed by atoms with E-state index < -0.39 is 0 Å². The van der Waals surface area contributed by atoms with Gasteiger partial charge in [0.1, 0.15) is 0 Å². The van der Waals surface area contributed by atoms with E-state index in [1.807, 2.05) is 5.57 Å². The molecule has 2 aliphatic rings. The summed E-state index contributed by atoms with van der Waals surface area (Å²) in [6.45, 7) is 0. The molecule has 0 aromatic rings. The molecule has 0 amide bonds. The molecule has 0 radical (unpaired) electrons. The average Bonchev–Trinajstić information content (AvgIpc) is 2.40. The minimum absolute atomic E-state index is 0.974. The van der Waals surface area contributed by atoms with Gasteiger partial charge < -0.3 is 0 Å². The summed E-state index contributed by atoms with van der Waals surface area (Å²) in [4.78, 5) is 0. The predicted molar refractivity (Wildman–Crippen MR) is 80.8 cm³/mol. The fourth-order valence-electron chi connectivity index (χ4n) is 3.77. The molecule has 0 aliphatic heterocycles. The molecule has 1 saturated carbocycles. The van der Waals surface area contributed by atoms with Crippen LogP contribution in [0, 0.1) is 5.92 Å². The third-order valence-electron chi connectivity index (χ3n) is 4.96. The summed E-state index contributed by atoms with van der Waals surface area (Å²) in [5.41, 5.74) is 1.86. The first kappa shape index (κ1) is 14.2. The van der Waals surface area contributed by atoms with Crippen LogP contribution in [-0.4, -0.2) is 0 Å². The van der Waals surface area contributed by atoms with Crippen molar-refractivity contribution in [1.29, 1.82) is 0 Å². The average molecular weight is 248 g/mol. The molecular weight excluding hydrogens is 216 g/mol. The minimum Gasteiger partial charge on any atom is -0.0851 e. The molecule has 0 unspecified atom stereocenters. The Kier molecular flexibility index (Phi) is 6.90. The molecule has 104 valence electrons. The van der Waals surface area contributed by atoms with Crippen molar-refractivity contribution in [3.63, 3.8) is 0 Å². The summed E-state index contributed by atoms with van der Waals surface area (Å²) in [5.74, 6) is 0.974. The molecule has 0 saturated heterocycles. The zero-order valence-electron chi connectivity index (χ0n) is 12.3. The van der Waals surface area contributed by atoms with Gasteiger partial charge in [-0.15, -0.1) is 0 Å². The first-order chi connectivity index (χ1) is 8.97. The Morgan fingerprint density at radius 3 is 1.89 bits per heavy atom. The number of hydrogen-bond donors (Lipinski definition) is 0. The Morgan fingerprint density at radius 2 is 1.17 bits per heavy atom. The Labute approximate surface area is 114 Å². The Morgan fingerprint density at radius 1 is 0.611 bits per heavy atom. The standard InChI is InChI=1S/C18H32/c1-2-4-6-9-13-17(14-10-7-5-3-1)18-15-11-8-12-16-18/h13,18H,1-12,14-16H2/b17-13+. The lowest BCUT2D eigenvalue weighted by Gasteiger charge is -2.25. The smallest absolute Gasteiger partial charge is 0.0203 e. The summed E-state index contributed by atoms with van der Waals surface area (Å²) < 4.78 is 0. The van der Waals surface area contributed by atoms with E-state index in [-0.39, 0.29) is 0 Å². The molecule has 2 aliphatic carbocycles.